The van der Waals surface area contributed by atoms with E-state index in [9.17, 15) is 4.79 Å². The molecule has 1 N–H and O–H groups in total. The van der Waals surface area contributed by atoms with Gasteiger partial charge in [0.05, 0.1) is 16.8 Å². The predicted octanol–water partition coefficient (Wildman–Crippen LogP) is 3.82. The molecule has 21 heavy (non-hydrogen) atoms. The molecule has 0 fully saturated rings. The van der Waals surface area contributed by atoms with Crippen molar-refractivity contribution in [2.75, 3.05) is 17.8 Å². The van der Waals surface area contributed by atoms with Gasteiger partial charge < -0.3 is 9.67 Å². The molecule has 0 saturated carbocycles. The Morgan fingerprint density at radius 1 is 1.52 bits per heavy atom. The number of fused-ring (bicyclic) bond motifs is 1. The fourth-order valence-electron chi connectivity index (χ4n) is 2.14. The van der Waals surface area contributed by atoms with Crippen LogP contribution in [0.3, 0.4) is 0 Å². The van der Waals surface area contributed by atoms with Gasteiger partial charge in [-0.3, -0.25) is 4.79 Å². The molecule has 2 aromatic rings. The molecule has 1 unspecified atom stereocenters. The van der Waals surface area contributed by atoms with Crippen LogP contribution in [0.4, 0.5) is 0 Å². The van der Waals surface area contributed by atoms with Gasteiger partial charge in [-0.1, -0.05) is 18.7 Å². The Morgan fingerprint density at radius 2 is 2.29 bits per heavy atom. The van der Waals surface area contributed by atoms with Crippen LogP contribution in [0.1, 0.15) is 6.92 Å². The van der Waals surface area contributed by atoms with Crippen molar-refractivity contribution in [1.29, 1.82) is 0 Å². The number of nitrogens with zero attached hydrogens (tertiary/aromatic N) is 2. The largest absolute Gasteiger partial charge is 0.481 e. The predicted molar refractivity (Wildman–Crippen MR) is 98.4 cm³/mol. The second kappa shape index (κ2) is 7.73. The minimum Gasteiger partial charge on any atom is -0.481 e. The van der Waals surface area contributed by atoms with Gasteiger partial charge in [0.2, 0.25) is 0 Å². The van der Waals surface area contributed by atoms with Crippen molar-refractivity contribution >= 4 is 63.1 Å². The number of carboxylic acids is 1. The van der Waals surface area contributed by atoms with Crippen LogP contribution >= 0.6 is 46.1 Å². The van der Waals surface area contributed by atoms with E-state index in [0.29, 0.717) is 5.92 Å². The van der Waals surface area contributed by atoms with Crippen molar-refractivity contribution in [3.05, 3.63) is 21.8 Å². The molecule has 0 bridgehead atoms. The molecule has 7 heteroatoms. The smallest absolute Gasteiger partial charge is 0.313 e. The van der Waals surface area contributed by atoms with Crippen LogP contribution in [0.15, 0.2) is 23.4 Å². The summed E-state index contributed by atoms with van der Waals surface area (Å²) in [5.41, 5.74) is 2.02. The third kappa shape index (κ3) is 4.53. The monoisotopic (exact) mass is 436 g/mol. The summed E-state index contributed by atoms with van der Waals surface area (Å²) in [5.74, 6) is 0.816. The molecule has 1 atom stereocenters. The number of halogens is 1. The maximum absolute atomic E-state index is 10.8. The summed E-state index contributed by atoms with van der Waals surface area (Å²) in [4.78, 5) is 15.4. The number of thioether (sulfide) groups is 2. The summed E-state index contributed by atoms with van der Waals surface area (Å²) in [6.07, 6.45) is 2.10. The number of hydrogen-bond acceptors (Lipinski definition) is 4. The van der Waals surface area contributed by atoms with Crippen LogP contribution in [0.2, 0.25) is 0 Å². The summed E-state index contributed by atoms with van der Waals surface area (Å²) >= 11 is 5.38. The van der Waals surface area contributed by atoms with Crippen LogP contribution in [0.5, 0.6) is 0 Å². The summed E-state index contributed by atoms with van der Waals surface area (Å²) in [6, 6.07) is 6.17. The Morgan fingerprint density at radius 3 is 2.95 bits per heavy atom. The first-order valence-electron chi connectivity index (χ1n) is 6.50. The molecule has 1 aromatic heterocycles. The number of carboxylic acid groups (broad SMARTS) is 1. The molecule has 0 saturated heterocycles. The van der Waals surface area contributed by atoms with Crippen LogP contribution in [-0.4, -0.2) is 38.4 Å². The van der Waals surface area contributed by atoms with Crippen molar-refractivity contribution in [2.45, 2.75) is 18.6 Å². The van der Waals surface area contributed by atoms with E-state index in [0.717, 1.165) is 32.1 Å². The lowest BCUT2D eigenvalue weighted by Crippen LogP contribution is -2.11. The topological polar surface area (TPSA) is 55.1 Å². The second-order valence-electron chi connectivity index (χ2n) is 4.88. The van der Waals surface area contributed by atoms with Crippen LogP contribution in [0.25, 0.3) is 11.0 Å². The quantitative estimate of drug-likeness (QED) is 0.529. The van der Waals surface area contributed by atoms with E-state index in [2.05, 4.69) is 57.5 Å². The van der Waals surface area contributed by atoms with E-state index < -0.39 is 5.97 Å². The maximum atomic E-state index is 10.8. The first kappa shape index (κ1) is 17.0. The molecule has 2 rings (SSSR count). The Bertz CT molecular complexity index is 645. The minimum atomic E-state index is -0.814. The molecule has 1 heterocycles. The van der Waals surface area contributed by atoms with Gasteiger partial charge in [-0.15, -0.1) is 0 Å². The third-order valence-corrected chi connectivity index (χ3v) is 5.48. The number of aliphatic carboxylic acids is 1. The van der Waals surface area contributed by atoms with Gasteiger partial charge in [0.15, 0.2) is 5.16 Å². The van der Waals surface area contributed by atoms with E-state index in [1.165, 1.54) is 11.8 Å². The molecule has 0 aliphatic heterocycles. The highest BCUT2D eigenvalue weighted by Crippen LogP contribution is 2.27. The summed E-state index contributed by atoms with van der Waals surface area (Å²) in [7, 11) is 0. The zero-order chi connectivity index (χ0) is 15.4. The normalized spacial score (nSPS) is 12.7. The highest BCUT2D eigenvalue weighted by Gasteiger charge is 2.15. The highest BCUT2D eigenvalue weighted by atomic mass is 127. The lowest BCUT2D eigenvalue weighted by Gasteiger charge is -2.14. The molecule has 4 nitrogen and oxygen atoms in total. The molecule has 1 aromatic carbocycles. The second-order valence-corrected chi connectivity index (χ2v) is 7.98. The zero-order valence-electron chi connectivity index (χ0n) is 11.9. The number of rotatable bonds is 7. The van der Waals surface area contributed by atoms with Gasteiger partial charge in [0.25, 0.3) is 0 Å². The highest BCUT2D eigenvalue weighted by molar-refractivity contribution is 14.1. The van der Waals surface area contributed by atoms with Crippen molar-refractivity contribution in [2.24, 2.45) is 5.92 Å². The molecular weight excluding hydrogens is 419 g/mol. The number of carbonyl (C=O) groups is 1. The molecule has 0 radical (unpaired) electrons. The Hall–Kier alpha value is -0.410. The first-order valence-corrected chi connectivity index (χ1v) is 9.96. The van der Waals surface area contributed by atoms with E-state index in [1.807, 2.05) is 17.8 Å². The Balaban J connectivity index is 2.36. The van der Waals surface area contributed by atoms with Gasteiger partial charge >= 0.3 is 5.97 Å². The first-order chi connectivity index (χ1) is 10.0. The molecular formula is C14H17IN2O2S2. The SMILES string of the molecule is CSCC(C)Cn1c(SCC(=O)O)nc2cc(I)ccc21. The van der Waals surface area contributed by atoms with Gasteiger partial charge in [0, 0.05) is 10.1 Å². The molecule has 0 spiro atoms. The average molecular weight is 436 g/mol. The number of imidazole rings is 1. The summed E-state index contributed by atoms with van der Waals surface area (Å²) < 4.78 is 3.29. The Labute approximate surface area is 146 Å². The van der Waals surface area contributed by atoms with Gasteiger partial charge in [0.1, 0.15) is 0 Å². The molecule has 0 aliphatic rings. The summed E-state index contributed by atoms with van der Waals surface area (Å²) in [6.45, 7) is 3.07. The van der Waals surface area contributed by atoms with Crippen molar-refractivity contribution < 1.29 is 9.90 Å². The fourth-order valence-corrected chi connectivity index (χ4v) is 4.04. The standard InChI is InChI=1S/C14H17IN2O2S2/c1-9(7-20-2)6-17-12-4-3-10(15)5-11(12)16-14(17)21-8-13(18)19/h3-5,9H,6-8H2,1-2H3,(H,18,19). The molecule has 114 valence electrons. The lowest BCUT2D eigenvalue weighted by molar-refractivity contribution is -0.133. The van der Waals surface area contributed by atoms with Gasteiger partial charge in [-0.05, 0) is 58.7 Å². The maximum Gasteiger partial charge on any atom is 0.313 e. The average Bonchev–Trinajstić information content (AvgIpc) is 2.74. The zero-order valence-corrected chi connectivity index (χ0v) is 15.7. The van der Waals surface area contributed by atoms with Crippen LogP contribution in [-0.2, 0) is 11.3 Å². The van der Waals surface area contributed by atoms with Crippen molar-refractivity contribution in [3.8, 4) is 0 Å². The Kier molecular flexibility index (Phi) is 6.24. The van der Waals surface area contributed by atoms with Gasteiger partial charge in [-0.25, -0.2) is 4.98 Å². The van der Waals surface area contributed by atoms with Crippen molar-refractivity contribution in [3.63, 3.8) is 0 Å². The van der Waals surface area contributed by atoms with Crippen LogP contribution < -0.4 is 0 Å². The number of benzene rings is 1. The number of hydrogen-bond donors (Lipinski definition) is 1. The molecule has 0 amide bonds. The van der Waals surface area contributed by atoms with Gasteiger partial charge in [-0.2, -0.15) is 11.8 Å². The third-order valence-electron chi connectivity index (χ3n) is 2.95. The van der Waals surface area contributed by atoms with E-state index in [1.54, 1.807) is 0 Å². The van der Waals surface area contributed by atoms with Crippen LogP contribution in [0, 0.1) is 9.49 Å². The summed E-state index contributed by atoms with van der Waals surface area (Å²) in [5, 5.41) is 9.68. The van der Waals surface area contributed by atoms with E-state index >= 15 is 0 Å². The van der Waals surface area contributed by atoms with Crippen molar-refractivity contribution in [1.82, 2.24) is 9.55 Å². The van der Waals surface area contributed by atoms with E-state index in [4.69, 9.17) is 5.11 Å². The lowest BCUT2D eigenvalue weighted by atomic mass is 10.2. The molecule has 0 aliphatic carbocycles. The fraction of sp³-hybridized carbons (Fsp3) is 0.429. The minimum absolute atomic E-state index is 0.0390. The van der Waals surface area contributed by atoms with E-state index in [-0.39, 0.29) is 5.75 Å². The number of aromatic nitrogens is 2.